The van der Waals surface area contributed by atoms with E-state index in [9.17, 15) is 14.0 Å². The maximum Gasteiger partial charge on any atom is 0.251 e. The van der Waals surface area contributed by atoms with E-state index in [-0.39, 0.29) is 36.1 Å². The lowest BCUT2D eigenvalue weighted by atomic mass is 9.87. The predicted molar refractivity (Wildman–Crippen MR) is 95.7 cm³/mol. The van der Waals surface area contributed by atoms with Crippen molar-refractivity contribution < 1.29 is 14.0 Å². The van der Waals surface area contributed by atoms with Gasteiger partial charge in [0.25, 0.3) is 5.91 Å². The first-order valence-corrected chi connectivity index (χ1v) is 8.15. The van der Waals surface area contributed by atoms with Gasteiger partial charge in [0.05, 0.1) is 6.54 Å². The van der Waals surface area contributed by atoms with Crippen molar-refractivity contribution in [3.8, 4) is 0 Å². The zero-order valence-corrected chi connectivity index (χ0v) is 14.7. The van der Waals surface area contributed by atoms with Crippen LogP contribution in [0.4, 0.5) is 4.39 Å². The van der Waals surface area contributed by atoms with Crippen molar-refractivity contribution in [3.05, 3.63) is 71.0 Å². The van der Waals surface area contributed by atoms with Gasteiger partial charge in [-0.25, -0.2) is 4.39 Å². The van der Waals surface area contributed by atoms with E-state index in [2.05, 4.69) is 31.4 Å². The van der Waals surface area contributed by atoms with E-state index in [1.54, 1.807) is 24.3 Å². The van der Waals surface area contributed by atoms with E-state index in [1.807, 2.05) is 12.1 Å². The molecule has 2 N–H and O–H groups in total. The minimum atomic E-state index is -0.348. The van der Waals surface area contributed by atoms with Gasteiger partial charge in [0.15, 0.2) is 0 Å². The summed E-state index contributed by atoms with van der Waals surface area (Å²) in [6, 6.07) is 13.3. The molecule has 0 atom stereocenters. The molecule has 2 rings (SSSR count). The number of benzene rings is 2. The molecule has 2 amide bonds. The first-order valence-electron chi connectivity index (χ1n) is 8.15. The second kappa shape index (κ2) is 7.92. The van der Waals surface area contributed by atoms with E-state index in [4.69, 9.17) is 0 Å². The summed E-state index contributed by atoms with van der Waals surface area (Å²) >= 11 is 0. The molecule has 5 heteroatoms. The summed E-state index contributed by atoms with van der Waals surface area (Å²) < 4.78 is 13.1. The zero-order valence-electron chi connectivity index (χ0n) is 14.7. The molecule has 0 aromatic heterocycles. The summed E-state index contributed by atoms with van der Waals surface area (Å²) in [5, 5.41) is 5.22. The molecule has 0 heterocycles. The van der Waals surface area contributed by atoms with Gasteiger partial charge >= 0.3 is 0 Å². The number of hydrogen-bond donors (Lipinski definition) is 2. The zero-order chi connectivity index (χ0) is 18.4. The average molecular weight is 342 g/mol. The van der Waals surface area contributed by atoms with Crippen LogP contribution in [0, 0.1) is 5.82 Å². The van der Waals surface area contributed by atoms with Gasteiger partial charge in [-0.15, -0.1) is 0 Å². The highest BCUT2D eigenvalue weighted by molar-refractivity contribution is 5.96. The Kier molecular flexibility index (Phi) is 5.91. The Morgan fingerprint density at radius 2 is 1.68 bits per heavy atom. The van der Waals surface area contributed by atoms with Crippen LogP contribution in [0.5, 0.6) is 0 Å². The summed E-state index contributed by atoms with van der Waals surface area (Å²) in [7, 11) is 0. The molecule has 0 unspecified atom stereocenters. The molecule has 132 valence electrons. The minimum absolute atomic E-state index is 0.0196. The molecule has 4 nitrogen and oxygen atoms in total. The lowest BCUT2D eigenvalue weighted by Crippen LogP contribution is -2.36. The first-order chi connectivity index (χ1) is 11.8. The third kappa shape index (κ3) is 5.71. The molecule has 0 fully saturated rings. The quantitative estimate of drug-likeness (QED) is 0.877. The second-order valence-corrected chi connectivity index (χ2v) is 6.92. The SMILES string of the molecule is CC(C)(C)c1ccc(C(=O)NCC(=O)NCc2cccc(F)c2)cc1. The van der Waals surface area contributed by atoms with Gasteiger partial charge in [-0.3, -0.25) is 9.59 Å². The molecule has 2 aromatic carbocycles. The van der Waals surface area contributed by atoms with Crippen molar-refractivity contribution in [1.82, 2.24) is 10.6 Å². The summed E-state index contributed by atoms with van der Waals surface area (Å²) in [5.41, 5.74) is 2.33. The van der Waals surface area contributed by atoms with E-state index in [0.717, 1.165) is 5.56 Å². The smallest absolute Gasteiger partial charge is 0.251 e. The fourth-order valence-corrected chi connectivity index (χ4v) is 2.29. The standard InChI is InChI=1S/C20H23FN2O2/c1-20(2,3)16-9-7-15(8-10-16)19(25)23-13-18(24)22-12-14-5-4-6-17(21)11-14/h4-11H,12-13H2,1-3H3,(H,22,24)(H,23,25). The lowest BCUT2D eigenvalue weighted by Gasteiger charge is -2.19. The summed E-state index contributed by atoms with van der Waals surface area (Å²) in [6.07, 6.45) is 0. The van der Waals surface area contributed by atoms with E-state index < -0.39 is 0 Å². The lowest BCUT2D eigenvalue weighted by molar-refractivity contribution is -0.120. The fraction of sp³-hybridized carbons (Fsp3) is 0.300. The van der Waals surface area contributed by atoms with Crippen molar-refractivity contribution in [3.63, 3.8) is 0 Å². The number of halogens is 1. The molecular formula is C20H23FN2O2. The van der Waals surface area contributed by atoms with Gasteiger partial charge in [-0.2, -0.15) is 0 Å². The number of hydrogen-bond acceptors (Lipinski definition) is 2. The van der Waals surface area contributed by atoms with Gasteiger partial charge in [-0.05, 0) is 40.8 Å². The molecule has 0 bridgehead atoms. The number of amides is 2. The summed E-state index contributed by atoms with van der Waals surface area (Å²) in [6.45, 7) is 6.39. The third-order valence-electron chi connectivity index (χ3n) is 3.80. The predicted octanol–water partition coefficient (Wildman–Crippen LogP) is 3.17. The van der Waals surface area contributed by atoms with Crippen molar-refractivity contribution in [2.24, 2.45) is 0 Å². The number of carbonyl (C=O) groups is 2. The average Bonchev–Trinajstić information content (AvgIpc) is 2.57. The summed E-state index contributed by atoms with van der Waals surface area (Å²) in [5.74, 6) is -0.982. The van der Waals surface area contributed by atoms with Gasteiger partial charge < -0.3 is 10.6 Å². The Hall–Kier alpha value is -2.69. The maximum absolute atomic E-state index is 13.1. The van der Waals surface area contributed by atoms with Crippen LogP contribution in [0.15, 0.2) is 48.5 Å². The second-order valence-electron chi connectivity index (χ2n) is 6.92. The van der Waals surface area contributed by atoms with Crippen LogP contribution in [0.2, 0.25) is 0 Å². The van der Waals surface area contributed by atoms with Crippen LogP contribution in [-0.4, -0.2) is 18.4 Å². The molecular weight excluding hydrogens is 319 g/mol. The topological polar surface area (TPSA) is 58.2 Å². The minimum Gasteiger partial charge on any atom is -0.350 e. The Morgan fingerprint density at radius 3 is 2.28 bits per heavy atom. The van der Waals surface area contributed by atoms with E-state index >= 15 is 0 Å². The Bertz CT molecular complexity index is 749. The fourth-order valence-electron chi connectivity index (χ4n) is 2.29. The molecule has 0 saturated heterocycles. The van der Waals surface area contributed by atoms with Crippen LogP contribution in [0.3, 0.4) is 0 Å². The molecule has 0 aliphatic rings. The number of rotatable bonds is 5. The van der Waals surface area contributed by atoms with Gasteiger partial charge in [0.1, 0.15) is 5.82 Å². The van der Waals surface area contributed by atoms with Gasteiger partial charge in [0, 0.05) is 12.1 Å². The first kappa shape index (κ1) is 18.6. The van der Waals surface area contributed by atoms with Crippen molar-refractivity contribution >= 4 is 11.8 Å². The van der Waals surface area contributed by atoms with Gasteiger partial charge in [-0.1, -0.05) is 45.0 Å². The highest BCUT2D eigenvalue weighted by Gasteiger charge is 2.14. The van der Waals surface area contributed by atoms with Crippen LogP contribution < -0.4 is 10.6 Å². The molecule has 0 aliphatic heterocycles. The van der Waals surface area contributed by atoms with E-state index in [0.29, 0.717) is 11.1 Å². The number of nitrogens with one attached hydrogen (secondary N) is 2. The normalized spacial score (nSPS) is 11.0. The molecule has 0 radical (unpaired) electrons. The van der Waals surface area contributed by atoms with Crippen LogP contribution >= 0.6 is 0 Å². The highest BCUT2D eigenvalue weighted by Crippen LogP contribution is 2.22. The van der Waals surface area contributed by atoms with Crippen LogP contribution in [-0.2, 0) is 16.8 Å². The van der Waals surface area contributed by atoms with Crippen LogP contribution in [0.1, 0.15) is 42.3 Å². The molecule has 0 aliphatic carbocycles. The Labute approximate surface area is 147 Å². The molecule has 2 aromatic rings. The van der Waals surface area contributed by atoms with Crippen molar-refractivity contribution in [2.75, 3.05) is 6.54 Å². The monoisotopic (exact) mass is 342 g/mol. The Balaban J connectivity index is 1.82. The van der Waals surface area contributed by atoms with E-state index in [1.165, 1.54) is 12.1 Å². The molecule has 0 saturated carbocycles. The van der Waals surface area contributed by atoms with Crippen molar-refractivity contribution in [2.45, 2.75) is 32.7 Å². The number of carbonyl (C=O) groups excluding carboxylic acids is 2. The maximum atomic E-state index is 13.1. The van der Waals surface area contributed by atoms with Crippen LogP contribution in [0.25, 0.3) is 0 Å². The highest BCUT2D eigenvalue weighted by atomic mass is 19.1. The largest absolute Gasteiger partial charge is 0.350 e. The van der Waals surface area contributed by atoms with Crippen molar-refractivity contribution in [1.29, 1.82) is 0 Å². The Morgan fingerprint density at radius 1 is 1.00 bits per heavy atom. The van der Waals surface area contributed by atoms with Gasteiger partial charge in [0.2, 0.25) is 5.91 Å². The molecule has 0 spiro atoms. The third-order valence-corrected chi connectivity index (χ3v) is 3.80. The molecule has 25 heavy (non-hydrogen) atoms. The summed E-state index contributed by atoms with van der Waals surface area (Å²) in [4.78, 5) is 23.9.